The first-order valence-corrected chi connectivity index (χ1v) is 15.3. The molecule has 0 radical (unpaired) electrons. The molecule has 0 unspecified atom stereocenters. The molecule has 0 saturated carbocycles. The summed E-state index contributed by atoms with van der Waals surface area (Å²) in [6, 6.07) is 39.2. The number of anilines is 1. The number of ether oxygens (including phenoxy) is 2. The predicted octanol–water partition coefficient (Wildman–Crippen LogP) is 6.90. The molecule has 5 N–H and O–H groups in total. The van der Waals surface area contributed by atoms with Crippen LogP contribution in [0.5, 0.6) is 11.5 Å². The fourth-order valence-corrected chi connectivity index (χ4v) is 5.70. The monoisotopic (exact) mass is 611 g/mol. The van der Waals surface area contributed by atoms with Crippen molar-refractivity contribution in [2.24, 2.45) is 0 Å². The van der Waals surface area contributed by atoms with Crippen molar-refractivity contribution >= 4 is 16.6 Å². The summed E-state index contributed by atoms with van der Waals surface area (Å²) in [5.41, 5.74) is 14.5. The van der Waals surface area contributed by atoms with Crippen LogP contribution in [0.1, 0.15) is 22.8 Å². The van der Waals surface area contributed by atoms with Crippen molar-refractivity contribution in [1.29, 1.82) is 0 Å². The minimum absolute atomic E-state index is 0.228. The highest BCUT2D eigenvalue weighted by Crippen LogP contribution is 2.35. The van der Waals surface area contributed by atoms with Gasteiger partial charge in [0.2, 0.25) is 5.56 Å². The van der Waals surface area contributed by atoms with Gasteiger partial charge in [-0.15, -0.1) is 0 Å². The molecule has 0 spiro atoms. The fraction of sp³-hybridized carbons (Fsp3) is 0.154. The van der Waals surface area contributed by atoms with Crippen molar-refractivity contribution < 1.29 is 14.6 Å². The van der Waals surface area contributed by atoms with E-state index < -0.39 is 6.10 Å². The van der Waals surface area contributed by atoms with Gasteiger partial charge in [-0.3, -0.25) is 4.79 Å². The Morgan fingerprint density at radius 2 is 1.52 bits per heavy atom. The van der Waals surface area contributed by atoms with Gasteiger partial charge in [0.15, 0.2) is 0 Å². The molecule has 6 rings (SSSR count). The summed E-state index contributed by atoms with van der Waals surface area (Å²) in [4.78, 5) is 15.1. The van der Waals surface area contributed by atoms with Gasteiger partial charge in [-0.25, -0.2) is 0 Å². The predicted molar refractivity (Wildman–Crippen MR) is 185 cm³/mol. The van der Waals surface area contributed by atoms with E-state index in [1.165, 1.54) is 6.07 Å². The van der Waals surface area contributed by atoms with Crippen LogP contribution >= 0.6 is 0 Å². The molecule has 1 aromatic heterocycles. The molecule has 1 atom stereocenters. The van der Waals surface area contributed by atoms with Gasteiger partial charge < -0.3 is 30.6 Å². The maximum absolute atomic E-state index is 12.2. The molecule has 0 aliphatic heterocycles. The summed E-state index contributed by atoms with van der Waals surface area (Å²) in [5.74, 6) is 1.38. The number of aliphatic hydroxyl groups is 1. The number of hydrogen-bond acceptors (Lipinski definition) is 6. The molecule has 5 aromatic carbocycles. The van der Waals surface area contributed by atoms with Crippen molar-refractivity contribution in [3.8, 4) is 33.8 Å². The number of fused-ring (bicyclic) bond motifs is 1. The number of aromatic amines is 1. The molecule has 46 heavy (non-hydrogen) atoms. The van der Waals surface area contributed by atoms with Crippen LogP contribution in [-0.4, -0.2) is 30.3 Å². The second kappa shape index (κ2) is 14.2. The Morgan fingerprint density at radius 1 is 0.804 bits per heavy atom. The third kappa shape index (κ3) is 6.96. The molecule has 0 aliphatic rings. The Kier molecular flexibility index (Phi) is 9.43. The zero-order valence-electron chi connectivity index (χ0n) is 25.7. The molecule has 232 valence electrons. The van der Waals surface area contributed by atoms with Crippen LogP contribution in [0.4, 0.5) is 5.69 Å². The number of aromatic nitrogens is 1. The van der Waals surface area contributed by atoms with Crippen LogP contribution in [0.15, 0.2) is 126 Å². The standard InChI is InChI=1S/C39H37N3O4/c1-45-36-17-14-29(22-33(36)27-10-6-3-7-11-27)30-13-12-28(34(40)23-30)20-21-41-24-35(43)31-15-18-37(39-32(31)16-19-38(44)42-39)46-25-26-8-4-2-5-9-26/h2-19,22-23,35,41,43H,20-21,24-25,40H2,1H3,(H,42,44)/t35-/m0/s1. The summed E-state index contributed by atoms with van der Waals surface area (Å²) >= 11 is 0. The molecule has 0 aliphatic carbocycles. The summed E-state index contributed by atoms with van der Waals surface area (Å²) in [7, 11) is 1.68. The van der Waals surface area contributed by atoms with Crippen molar-refractivity contribution in [2.45, 2.75) is 19.1 Å². The fourth-order valence-electron chi connectivity index (χ4n) is 5.70. The molecule has 1 heterocycles. The number of nitrogens with two attached hydrogens (primary N) is 1. The first kappa shape index (κ1) is 30.6. The highest BCUT2D eigenvalue weighted by molar-refractivity contribution is 5.87. The SMILES string of the molecule is COc1ccc(-c2ccc(CCNC[C@H](O)c3ccc(OCc4ccccc4)c4[nH]c(=O)ccc34)c(N)c2)cc1-c1ccccc1. The normalized spacial score (nSPS) is 11.8. The third-order valence-corrected chi connectivity index (χ3v) is 8.16. The van der Waals surface area contributed by atoms with Crippen LogP contribution in [-0.2, 0) is 13.0 Å². The van der Waals surface area contributed by atoms with E-state index in [1.54, 1.807) is 19.2 Å². The van der Waals surface area contributed by atoms with Crippen molar-refractivity contribution in [2.75, 3.05) is 25.9 Å². The second-order valence-electron chi connectivity index (χ2n) is 11.2. The van der Waals surface area contributed by atoms with E-state index in [0.29, 0.717) is 42.9 Å². The summed E-state index contributed by atoms with van der Waals surface area (Å²) in [6.07, 6.45) is -0.0815. The van der Waals surface area contributed by atoms with Crippen LogP contribution in [0, 0.1) is 0 Å². The third-order valence-electron chi connectivity index (χ3n) is 8.16. The minimum atomic E-state index is -0.787. The van der Waals surface area contributed by atoms with E-state index >= 15 is 0 Å². The quantitative estimate of drug-likeness (QED) is 0.0886. The van der Waals surface area contributed by atoms with Gasteiger partial charge in [0.1, 0.15) is 18.1 Å². The first-order valence-electron chi connectivity index (χ1n) is 15.3. The largest absolute Gasteiger partial charge is 0.496 e. The molecular weight excluding hydrogens is 574 g/mol. The van der Waals surface area contributed by atoms with Gasteiger partial charge in [-0.05, 0) is 76.7 Å². The molecular formula is C39H37N3O4. The molecule has 7 heteroatoms. The zero-order valence-corrected chi connectivity index (χ0v) is 25.7. The highest BCUT2D eigenvalue weighted by Gasteiger charge is 2.15. The second-order valence-corrected chi connectivity index (χ2v) is 11.2. The summed E-state index contributed by atoms with van der Waals surface area (Å²) < 4.78 is 11.7. The maximum atomic E-state index is 12.2. The van der Waals surface area contributed by atoms with E-state index in [-0.39, 0.29) is 5.56 Å². The van der Waals surface area contributed by atoms with Gasteiger partial charge in [0, 0.05) is 29.2 Å². The Bertz CT molecular complexity index is 1990. The maximum Gasteiger partial charge on any atom is 0.248 e. The molecule has 0 bridgehead atoms. The molecule has 0 amide bonds. The van der Waals surface area contributed by atoms with Crippen LogP contribution in [0.3, 0.4) is 0 Å². The Labute approximate surface area is 268 Å². The average Bonchev–Trinajstić information content (AvgIpc) is 3.10. The van der Waals surface area contributed by atoms with Crippen LogP contribution in [0.25, 0.3) is 33.2 Å². The lowest BCUT2D eigenvalue weighted by Crippen LogP contribution is -2.24. The van der Waals surface area contributed by atoms with Gasteiger partial charge >= 0.3 is 0 Å². The molecule has 7 nitrogen and oxygen atoms in total. The smallest absolute Gasteiger partial charge is 0.248 e. The highest BCUT2D eigenvalue weighted by atomic mass is 16.5. The first-order chi connectivity index (χ1) is 22.5. The van der Waals surface area contributed by atoms with Crippen molar-refractivity contribution in [3.05, 3.63) is 148 Å². The average molecular weight is 612 g/mol. The van der Waals surface area contributed by atoms with E-state index in [9.17, 15) is 9.90 Å². The topological polar surface area (TPSA) is 110 Å². The van der Waals surface area contributed by atoms with Crippen molar-refractivity contribution in [3.63, 3.8) is 0 Å². The van der Waals surface area contributed by atoms with E-state index in [1.807, 2.05) is 72.8 Å². The van der Waals surface area contributed by atoms with Gasteiger partial charge in [0.05, 0.1) is 18.7 Å². The Morgan fingerprint density at radius 3 is 2.28 bits per heavy atom. The number of benzene rings is 5. The van der Waals surface area contributed by atoms with Crippen LogP contribution in [0.2, 0.25) is 0 Å². The molecule has 0 fully saturated rings. The summed E-state index contributed by atoms with van der Waals surface area (Å²) in [5, 5.41) is 15.2. The number of hydrogen-bond donors (Lipinski definition) is 4. The lowest BCUT2D eigenvalue weighted by atomic mass is 9.96. The van der Waals surface area contributed by atoms with E-state index in [4.69, 9.17) is 15.2 Å². The zero-order chi connectivity index (χ0) is 31.9. The minimum Gasteiger partial charge on any atom is -0.496 e. The van der Waals surface area contributed by atoms with Gasteiger partial charge in [0.25, 0.3) is 0 Å². The summed E-state index contributed by atoms with van der Waals surface area (Å²) in [6.45, 7) is 1.34. The Hall–Kier alpha value is -5.37. The number of nitrogens with one attached hydrogen (secondary N) is 2. The van der Waals surface area contributed by atoms with E-state index in [0.717, 1.165) is 50.2 Å². The van der Waals surface area contributed by atoms with Gasteiger partial charge in [-0.1, -0.05) is 84.9 Å². The number of aliphatic hydroxyl groups excluding tert-OH is 1. The number of methoxy groups -OCH3 is 1. The number of H-pyrrole nitrogens is 1. The lowest BCUT2D eigenvalue weighted by molar-refractivity contribution is 0.176. The van der Waals surface area contributed by atoms with Gasteiger partial charge in [-0.2, -0.15) is 0 Å². The molecule has 6 aromatic rings. The lowest BCUT2D eigenvalue weighted by Gasteiger charge is -2.17. The number of pyridine rings is 1. The number of nitrogen functional groups attached to an aromatic ring is 1. The molecule has 0 saturated heterocycles. The van der Waals surface area contributed by atoms with E-state index in [2.05, 4.69) is 40.6 Å². The Balaban J connectivity index is 1.10. The van der Waals surface area contributed by atoms with Crippen LogP contribution < -0.4 is 26.1 Å². The number of rotatable bonds is 12. The van der Waals surface area contributed by atoms with Crippen molar-refractivity contribution in [1.82, 2.24) is 10.3 Å².